The fourth-order valence-corrected chi connectivity index (χ4v) is 2.90. The predicted octanol–water partition coefficient (Wildman–Crippen LogP) is 2.07. The van der Waals surface area contributed by atoms with Gasteiger partial charge in [0.05, 0.1) is 5.69 Å². The molecule has 1 aliphatic rings. The highest BCUT2D eigenvalue weighted by atomic mass is 19.1. The molecule has 1 unspecified atom stereocenters. The van der Waals surface area contributed by atoms with E-state index in [0.29, 0.717) is 18.1 Å². The highest BCUT2D eigenvalue weighted by Gasteiger charge is 2.28. The molecule has 21 heavy (non-hydrogen) atoms. The molecule has 1 N–H and O–H groups in total. The molecular formula is C16H19FN4. The lowest BCUT2D eigenvalue weighted by molar-refractivity contribution is 0.503. The summed E-state index contributed by atoms with van der Waals surface area (Å²) in [6, 6.07) is 8.52. The van der Waals surface area contributed by atoms with Gasteiger partial charge in [0.1, 0.15) is 6.33 Å². The zero-order chi connectivity index (χ0) is 14.8. The molecule has 2 heterocycles. The minimum atomic E-state index is -0.321. The molecule has 0 amide bonds. The lowest BCUT2D eigenvalue weighted by atomic mass is 9.94. The highest BCUT2D eigenvalue weighted by Crippen LogP contribution is 2.29. The lowest BCUT2D eigenvalue weighted by Crippen LogP contribution is -2.46. The van der Waals surface area contributed by atoms with Gasteiger partial charge >= 0.3 is 0 Å². The van der Waals surface area contributed by atoms with Gasteiger partial charge in [-0.2, -0.15) is 0 Å². The van der Waals surface area contributed by atoms with Crippen LogP contribution in [0.3, 0.4) is 0 Å². The van der Waals surface area contributed by atoms with Crippen LogP contribution in [0.5, 0.6) is 0 Å². The van der Waals surface area contributed by atoms with E-state index in [4.69, 9.17) is 0 Å². The van der Waals surface area contributed by atoms with Crippen LogP contribution in [0, 0.1) is 12.7 Å². The number of nitrogens with zero attached hydrogens (tertiary/aromatic N) is 3. The molecule has 110 valence electrons. The van der Waals surface area contributed by atoms with Crippen molar-refractivity contribution in [1.29, 1.82) is 0 Å². The Labute approximate surface area is 124 Å². The smallest absolute Gasteiger partial charge is 0.186 e. The summed E-state index contributed by atoms with van der Waals surface area (Å²) in [5, 5.41) is 3.19. The van der Waals surface area contributed by atoms with Gasteiger partial charge in [-0.05, 0) is 31.5 Å². The standard InChI is InChI=1S/C16H19FN4/c1-11-15(17)16(20-10-19-11)21-9-13-6-4-3-5-12(13)7-14(21)8-18-2/h3-6,10,14,18H,7-9H2,1-2H3. The van der Waals surface area contributed by atoms with E-state index in [0.717, 1.165) is 13.0 Å². The summed E-state index contributed by atoms with van der Waals surface area (Å²) in [5.74, 6) is 0.0789. The molecular weight excluding hydrogens is 267 g/mol. The molecule has 1 aliphatic heterocycles. The molecule has 0 fully saturated rings. The van der Waals surface area contributed by atoms with Crippen LogP contribution in [-0.4, -0.2) is 29.6 Å². The fourth-order valence-electron chi connectivity index (χ4n) is 2.90. The first kappa shape index (κ1) is 13.9. The maximum Gasteiger partial charge on any atom is 0.186 e. The molecule has 0 aliphatic carbocycles. The first-order valence-electron chi connectivity index (χ1n) is 7.16. The molecule has 3 rings (SSSR count). The van der Waals surface area contributed by atoms with E-state index in [9.17, 15) is 4.39 Å². The quantitative estimate of drug-likeness (QED) is 0.938. The number of aryl methyl sites for hydroxylation is 1. The molecule has 1 atom stereocenters. The second kappa shape index (κ2) is 5.77. The van der Waals surface area contributed by atoms with Gasteiger partial charge in [-0.3, -0.25) is 0 Å². The van der Waals surface area contributed by atoms with E-state index in [1.165, 1.54) is 17.5 Å². The third-order valence-corrected chi connectivity index (χ3v) is 4.01. The number of rotatable bonds is 3. The second-order valence-corrected chi connectivity index (χ2v) is 5.41. The van der Waals surface area contributed by atoms with Gasteiger partial charge in [0.25, 0.3) is 0 Å². The molecule has 0 spiro atoms. The van der Waals surface area contributed by atoms with E-state index in [1.54, 1.807) is 6.92 Å². The van der Waals surface area contributed by atoms with Crippen molar-refractivity contribution in [2.24, 2.45) is 0 Å². The Kier molecular flexibility index (Phi) is 3.84. The summed E-state index contributed by atoms with van der Waals surface area (Å²) in [4.78, 5) is 10.1. The number of hydrogen-bond acceptors (Lipinski definition) is 4. The van der Waals surface area contributed by atoms with Gasteiger partial charge in [0.2, 0.25) is 0 Å². The van der Waals surface area contributed by atoms with Crippen LogP contribution in [0.15, 0.2) is 30.6 Å². The van der Waals surface area contributed by atoms with Crippen LogP contribution < -0.4 is 10.2 Å². The third-order valence-electron chi connectivity index (χ3n) is 4.01. The number of fused-ring (bicyclic) bond motifs is 1. The van der Waals surface area contributed by atoms with Crippen molar-refractivity contribution in [3.8, 4) is 0 Å². The normalized spacial score (nSPS) is 17.7. The molecule has 1 aromatic heterocycles. The average Bonchev–Trinajstić information content (AvgIpc) is 2.50. The first-order chi connectivity index (χ1) is 10.2. The van der Waals surface area contributed by atoms with E-state index >= 15 is 0 Å². The average molecular weight is 286 g/mol. The fraction of sp³-hybridized carbons (Fsp3) is 0.375. The topological polar surface area (TPSA) is 41.0 Å². The van der Waals surface area contributed by atoms with Crippen LogP contribution in [0.2, 0.25) is 0 Å². The molecule has 1 aromatic carbocycles. The Bertz CT molecular complexity index is 644. The number of anilines is 1. The molecule has 0 radical (unpaired) electrons. The first-order valence-corrected chi connectivity index (χ1v) is 7.16. The summed E-state index contributed by atoms with van der Waals surface area (Å²) < 4.78 is 14.4. The molecule has 4 nitrogen and oxygen atoms in total. The van der Waals surface area contributed by atoms with E-state index < -0.39 is 0 Å². The SMILES string of the molecule is CNCC1Cc2ccccc2CN1c1ncnc(C)c1F. The number of aromatic nitrogens is 2. The Hall–Kier alpha value is -2.01. The number of likely N-dealkylation sites (N-methyl/N-ethyl adjacent to an activating group) is 1. The second-order valence-electron chi connectivity index (χ2n) is 5.41. The van der Waals surface area contributed by atoms with Gasteiger partial charge in [-0.25, -0.2) is 14.4 Å². The summed E-state index contributed by atoms with van der Waals surface area (Å²) in [6.45, 7) is 3.14. The van der Waals surface area contributed by atoms with Crippen molar-refractivity contribution in [1.82, 2.24) is 15.3 Å². The zero-order valence-corrected chi connectivity index (χ0v) is 12.3. The number of nitrogens with one attached hydrogen (secondary N) is 1. The predicted molar refractivity (Wildman–Crippen MR) is 80.8 cm³/mol. The lowest BCUT2D eigenvalue weighted by Gasteiger charge is -2.38. The third kappa shape index (κ3) is 2.61. The van der Waals surface area contributed by atoms with Gasteiger partial charge in [0, 0.05) is 19.1 Å². The maximum atomic E-state index is 14.4. The van der Waals surface area contributed by atoms with Crippen molar-refractivity contribution in [2.75, 3.05) is 18.5 Å². The van der Waals surface area contributed by atoms with Crippen LogP contribution in [0.1, 0.15) is 16.8 Å². The van der Waals surface area contributed by atoms with Crippen molar-refractivity contribution in [3.63, 3.8) is 0 Å². The van der Waals surface area contributed by atoms with Crippen LogP contribution >= 0.6 is 0 Å². The minimum Gasteiger partial charge on any atom is -0.345 e. The molecule has 0 saturated heterocycles. The Balaban J connectivity index is 2.01. The molecule has 0 saturated carbocycles. The van der Waals surface area contributed by atoms with Crippen molar-refractivity contribution < 1.29 is 4.39 Å². The van der Waals surface area contributed by atoms with Crippen LogP contribution in [0.25, 0.3) is 0 Å². The van der Waals surface area contributed by atoms with Crippen LogP contribution in [-0.2, 0) is 13.0 Å². The van der Waals surface area contributed by atoms with E-state index in [-0.39, 0.29) is 11.9 Å². The highest BCUT2D eigenvalue weighted by molar-refractivity contribution is 5.47. The van der Waals surface area contributed by atoms with Crippen LogP contribution in [0.4, 0.5) is 10.2 Å². The molecule has 5 heteroatoms. The molecule has 0 bridgehead atoms. The Morgan fingerprint density at radius 1 is 1.29 bits per heavy atom. The minimum absolute atomic E-state index is 0.189. The zero-order valence-electron chi connectivity index (χ0n) is 12.3. The van der Waals surface area contributed by atoms with E-state index in [2.05, 4.69) is 33.5 Å². The van der Waals surface area contributed by atoms with Crippen molar-refractivity contribution in [3.05, 3.63) is 53.2 Å². The largest absolute Gasteiger partial charge is 0.345 e. The van der Waals surface area contributed by atoms with Gasteiger partial charge in [-0.15, -0.1) is 0 Å². The van der Waals surface area contributed by atoms with Crippen molar-refractivity contribution in [2.45, 2.75) is 25.9 Å². The Morgan fingerprint density at radius 2 is 2.05 bits per heavy atom. The number of hydrogen-bond donors (Lipinski definition) is 1. The van der Waals surface area contributed by atoms with Gasteiger partial charge in [-0.1, -0.05) is 24.3 Å². The Morgan fingerprint density at radius 3 is 2.81 bits per heavy atom. The molecule has 2 aromatic rings. The summed E-state index contributed by atoms with van der Waals surface area (Å²) in [6.07, 6.45) is 2.32. The van der Waals surface area contributed by atoms with E-state index in [1.807, 2.05) is 18.0 Å². The van der Waals surface area contributed by atoms with Gasteiger partial charge < -0.3 is 10.2 Å². The maximum absolute atomic E-state index is 14.4. The number of benzene rings is 1. The summed E-state index contributed by atoms with van der Waals surface area (Å²) >= 11 is 0. The number of halogens is 1. The van der Waals surface area contributed by atoms with Gasteiger partial charge in [0.15, 0.2) is 11.6 Å². The monoisotopic (exact) mass is 286 g/mol. The summed E-state index contributed by atoms with van der Waals surface area (Å²) in [7, 11) is 1.92. The van der Waals surface area contributed by atoms with Crippen molar-refractivity contribution >= 4 is 5.82 Å². The summed E-state index contributed by atoms with van der Waals surface area (Å²) in [5.41, 5.74) is 2.96.